The van der Waals surface area contributed by atoms with Crippen molar-refractivity contribution < 1.29 is 62.7 Å². The first-order valence-electron chi connectivity index (χ1n) is 5.12. The van der Waals surface area contributed by atoms with E-state index in [1.165, 1.54) is 11.1 Å². The van der Waals surface area contributed by atoms with Crippen LogP contribution in [0, 0.1) is 0 Å². The summed E-state index contributed by atoms with van der Waals surface area (Å²) in [6.07, 6.45) is -1.18. The zero-order valence-corrected chi connectivity index (χ0v) is 15.4. The summed E-state index contributed by atoms with van der Waals surface area (Å²) in [5, 5.41) is 7.76. The average Bonchev–Trinajstić information content (AvgIpc) is 2.41. The summed E-state index contributed by atoms with van der Waals surface area (Å²) in [5.41, 5.74) is 2.55. The summed E-state index contributed by atoms with van der Waals surface area (Å²) in [5.74, 6) is 0. The normalized spacial score (nSPS) is 8.53. The van der Waals surface area contributed by atoms with Gasteiger partial charge in [-0.2, -0.15) is 3.71 Å². The van der Waals surface area contributed by atoms with Crippen molar-refractivity contribution in [3.05, 3.63) is 60.7 Å². The van der Waals surface area contributed by atoms with Crippen molar-refractivity contribution in [3.8, 4) is 11.1 Å². The molecule has 0 saturated carbocycles. The molecule has 2 aromatic carbocycles. The predicted molar refractivity (Wildman–Crippen MR) is 80.8 cm³/mol. The van der Waals surface area contributed by atoms with Crippen molar-refractivity contribution in [2.45, 2.75) is 0 Å². The van der Waals surface area contributed by atoms with Crippen molar-refractivity contribution in [1.29, 1.82) is 0 Å². The standard InChI is InChI=1S/C12H10.CH3NO2S2.K.H/c1-3-7-11(8-4-1)12-9-5-2-6-10-12;3-1(4)2(5)6;;/h1-10H;5-6H,(H,3,4);;/q;;+1;-1. The molecule has 0 aliphatic carbocycles. The van der Waals surface area contributed by atoms with Crippen molar-refractivity contribution >= 4 is 31.7 Å². The molecule has 0 aromatic heterocycles. The van der Waals surface area contributed by atoms with Gasteiger partial charge in [-0.1, -0.05) is 60.7 Å². The van der Waals surface area contributed by atoms with Crippen LogP contribution >= 0.6 is 25.6 Å². The van der Waals surface area contributed by atoms with E-state index in [-0.39, 0.29) is 52.8 Å². The van der Waals surface area contributed by atoms with Gasteiger partial charge in [0.25, 0.3) is 0 Å². The zero-order valence-electron chi connectivity index (χ0n) is 11.5. The van der Waals surface area contributed by atoms with Crippen LogP contribution in [0.25, 0.3) is 11.1 Å². The summed E-state index contributed by atoms with van der Waals surface area (Å²) >= 11 is 6.58. The number of hydrogen-bond acceptors (Lipinski definition) is 3. The number of amides is 1. The zero-order chi connectivity index (χ0) is 13.4. The average molecular weight is 319 g/mol. The van der Waals surface area contributed by atoms with E-state index < -0.39 is 6.09 Å². The summed E-state index contributed by atoms with van der Waals surface area (Å²) in [6.45, 7) is 0. The maximum Gasteiger partial charge on any atom is 1.00 e. The predicted octanol–water partition coefficient (Wildman–Crippen LogP) is 1.13. The van der Waals surface area contributed by atoms with Crippen LogP contribution < -0.4 is 51.4 Å². The minimum atomic E-state index is -1.18. The molecule has 0 aliphatic heterocycles. The van der Waals surface area contributed by atoms with E-state index in [1.54, 1.807) is 0 Å². The largest absolute Gasteiger partial charge is 1.00 e. The van der Waals surface area contributed by atoms with Gasteiger partial charge in [0.15, 0.2) is 0 Å². The van der Waals surface area contributed by atoms with Crippen LogP contribution in [0.15, 0.2) is 60.7 Å². The molecule has 0 bridgehead atoms. The number of benzene rings is 2. The fraction of sp³-hybridized carbons (Fsp3) is 0. The molecule has 0 atom stereocenters. The number of carbonyl (C=O) groups is 1. The molecule has 0 radical (unpaired) electrons. The fourth-order valence-electron chi connectivity index (χ4n) is 1.26. The molecular formula is C13H14KNO2S2. The van der Waals surface area contributed by atoms with Crippen LogP contribution in [0.4, 0.5) is 4.79 Å². The fourth-order valence-corrected chi connectivity index (χ4v) is 1.26. The van der Waals surface area contributed by atoms with E-state index in [1.807, 2.05) is 12.1 Å². The smallest absolute Gasteiger partial charge is 1.00 e. The summed E-state index contributed by atoms with van der Waals surface area (Å²) in [4.78, 5) is 9.47. The molecule has 1 amide bonds. The molecule has 96 valence electrons. The number of rotatable bonds is 1. The molecule has 6 heteroatoms. The quantitative estimate of drug-likeness (QED) is 0.545. The molecule has 0 spiro atoms. The van der Waals surface area contributed by atoms with E-state index >= 15 is 0 Å². The van der Waals surface area contributed by atoms with Gasteiger partial charge in [-0.15, -0.1) is 0 Å². The van der Waals surface area contributed by atoms with Crippen LogP contribution in [-0.2, 0) is 0 Å². The molecule has 2 rings (SSSR count). The molecular weight excluding hydrogens is 305 g/mol. The van der Waals surface area contributed by atoms with Crippen LogP contribution in [0.3, 0.4) is 0 Å². The Kier molecular flexibility index (Phi) is 10.8. The maximum atomic E-state index is 9.47. The number of thiol groups is 2. The van der Waals surface area contributed by atoms with E-state index in [9.17, 15) is 4.79 Å². The minimum Gasteiger partial charge on any atom is -1.00 e. The molecule has 1 N–H and O–H groups in total. The van der Waals surface area contributed by atoms with Gasteiger partial charge >= 0.3 is 57.5 Å². The maximum absolute atomic E-state index is 9.47. The van der Waals surface area contributed by atoms with E-state index in [0.717, 1.165) is 0 Å². The molecule has 19 heavy (non-hydrogen) atoms. The van der Waals surface area contributed by atoms with Crippen LogP contribution in [0.2, 0.25) is 0 Å². The Morgan fingerprint density at radius 3 is 1.37 bits per heavy atom. The molecule has 0 aliphatic rings. The molecule has 3 nitrogen and oxygen atoms in total. The van der Waals surface area contributed by atoms with Gasteiger partial charge in [0.1, 0.15) is 0 Å². The van der Waals surface area contributed by atoms with Crippen LogP contribution in [0.5, 0.6) is 0 Å². The van der Waals surface area contributed by atoms with E-state index in [4.69, 9.17) is 5.11 Å². The minimum absolute atomic E-state index is 0. The molecule has 0 fully saturated rings. The van der Waals surface area contributed by atoms with Crippen LogP contribution in [0.1, 0.15) is 1.43 Å². The third kappa shape index (κ3) is 8.04. The van der Waals surface area contributed by atoms with Gasteiger partial charge in [-0.05, 0) is 36.8 Å². The third-order valence-electron chi connectivity index (χ3n) is 2.05. The second kappa shape index (κ2) is 10.8. The first-order chi connectivity index (χ1) is 8.61. The number of hydrogen-bond donors (Lipinski definition) is 3. The summed E-state index contributed by atoms with van der Waals surface area (Å²) < 4.78 is 0.472. The van der Waals surface area contributed by atoms with Gasteiger partial charge in [0.2, 0.25) is 0 Å². The Labute approximate surface area is 168 Å². The SMILES string of the molecule is O=C(O)N(S)S.[H-].[K+].c1ccc(-c2ccccc2)cc1. The van der Waals surface area contributed by atoms with Gasteiger partial charge in [-0.25, -0.2) is 4.79 Å². The molecule has 0 unspecified atom stereocenters. The van der Waals surface area contributed by atoms with Gasteiger partial charge in [0.05, 0.1) is 0 Å². The Hall–Kier alpha value is 0.0464. The van der Waals surface area contributed by atoms with Crippen molar-refractivity contribution in [2.24, 2.45) is 0 Å². The first kappa shape index (κ1) is 19.0. The van der Waals surface area contributed by atoms with Gasteiger partial charge in [0, 0.05) is 0 Å². The van der Waals surface area contributed by atoms with Crippen molar-refractivity contribution in [1.82, 2.24) is 3.71 Å². The van der Waals surface area contributed by atoms with Gasteiger partial charge < -0.3 is 6.53 Å². The second-order valence-electron chi connectivity index (χ2n) is 3.30. The van der Waals surface area contributed by atoms with E-state index in [2.05, 4.69) is 74.2 Å². The number of carboxylic acid groups (broad SMARTS) is 1. The second-order valence-corrected chi connectivity index (χ2v) is 4.42. The molecule has 2 aromatic rings. The number of nitrogens with zero attached hydrogens (tertiary/aromatic N) is 1. The van der Waals surface area contributed by atoms with Crippen LogP contribution in [-0.4, -0.2) is 14.9 Å². The Balaban J connectivity index is 0. The first-order valence-corrected chi connectivity index (χ1v) is 5.92. The Morgan fingerprint density at radius 1 is 0.895 bits per heavy atom. The Bertz CT molecular complexity index is 449. The summed E-state index contributed by atoms with van der Waals surface area (Å²) in [7, 11) is 0. The topological polar surface area (TPSA) is 40.5 Å². The third-order valence-corrected chi connectivity index (χ3v) is 2.39. The van der Waals surface area contributed by atoms with E-state index in [0.29, 0.717) is 3.71 Å². The van der Waals surface area contributed by atoms with Gasteiger partial charge in [-0.3, -0.25) is 0 Å². The summed E-state index contributed by atoms with van der Waals surface area (Å²) in [6, 6.07) is 20.8. The van der Waals surface area contributed by atoms with Crippen molar-refractivity contribution in [2.75, 3.05) is 0 Å². The molecule has 0 heterocycles. The Morgan fingerprint density at radius 2 is 1.16 bits per heavy atom. The van der Waals surface area contributed by atoms with Crippen molar-refractivity contribution in [3.63, 3.8) is 0 Å². The molecule has 0 saturated heterocycles. The monoisotopic (exact) mass is 319 g/mol.